The fourth-order valence-corrected chi connectivity index (χ4v) is 3.04. The topological polar surface area (TPSA) is 20.2 Å². The molecular formula is C13H16Cl2O. The van der Waals surface area contributed by atoms with Gasteiger partial charge < -0.3 is 5.11 Å². The van der Waals surface area contributed by atoms with Gasteiger partial charge in [0.1, 0.15) is 0 Å². The van der Waals surface area contributed by atoms with Crippen LogP contribution in [0, 0.1) is 11.8 Å². The summed E-state index contributed by atoms with van der Waals surface area (Å²) in [6, 6.07) is 5.45. The Kier molecular flexibility index (Phi) is 3.78. The molecular weight excluding hydrogens is 243 g/mol. The van der Waals surface area contributed by atoms with Crippen LogP contribution in [0.4, 0.5) is 0 Å². The Morgan fingerprint density at radius 1 is 1.31 bits per heavy atom. The first-order valence-electron chi connectivity index (χ1n) is 5.73. The summed E-state index contributed by atoms with van der Waals surface area (Å²) in [4.78, 5) is 0. The number of aliphatic hydroxyl groups excluding tert-OH is 1. The highest BCUT2D eigenvalue weighted by atomic mass is 35.5. The molecule has 16 heavy (non-hydrogen) atoms. The Hall–Kier alpha value is -0.240. The van der Waals surface area contributed by atoms with Crippen LogP contribution in [0.25, 0.3) is 0 Å². The Morgan fingerprint density at radius 2 is 2.06 bits per heavy atom. The van der Waals surface area contributed by atoms with Gasteiger partial charge in [-0.05, 0) is 24.3 Å². The predicted octanol–water partition coefficient (Wildman–Crippen LogP) is 4.46. The van der Waals surface area contributed by atoms with Crippen molar-refractivity contribution in [3.8, 4) is 0 Å². The normalized spacial score (nSPS) is 27.0. The lowest BCUT2D eigenvalue weighted by Crippen LogP contribution is -2.15. The Bertz CT molecular complexity index is 378. The number of hydrogen-bond acceptors (Lipinski definition) is 1. The summed E-state index contributed by atoms with van der Waals surface area (Å²) in [6.45, 7) is 2.19. The lowest BCUT2D eigenvalue weighted by Gasteiger charge is -2.23. The number of hydrogen-bond donors (Lipinski definition) is 1. The molecule has 1 aliphatic rings. The van der Waals surface area contributed by atoms with Crippen molar-refractivity contribution in [2.24, 2.45) is 11.8 Å². The van der Waals surface area contributed by atoms with E-state index in [1.54, 1.807) is 6.07 Å². The maximum absolute atomic E-state index is 10.4. The van der Waals surface area contributed by atoms with Crippen molar-refractivity contribution in [1.82, 2.24) is 0 Å². The van der Waals surface area contributed by atoms with Gasteiger partial charge >= 0.3 is 0 Å². The average Bonchev–Trinajstić information content (AvgIpc) is 2.68. The molecule has 0 amide bonds. The first kappa shape index (κ1) is 12.2. The Morgan fingerprint density at radius 3 is 2.69 bits per heavy atom. The summed E-state index contributed by atoms with van der Waals surface area (Å²) in [5, 5.41) is 11.4. The Labute approximate surface area is 106 Å². The summed E-state index contributed by atoms with van der Waals surface area (Å²) in [5.74, 6) is 0.876. The monoisotopic (exact) mass is 258 g/mol. The van der Waals surface area contributed by atoms with E-state index >= 15 is 0 Å². The third kappa shape index (κ3) is 2.22. The maximum Gasteiger partial charge on any atom is 0.0835 e. The number of rotatable bonds is 2. The molecule has 0 heterocycles. The van der Waals surface area contributed by atoms with Crippen molar-refractivity contribution < 1.29 is 5.11 Å². The van der Waals surface area contributed by atoms with E-state index in [1.165, 1.54) is 12.8 Å². The number of benzene rings is 1. The highest BCUT2D eigenvalue weighted by Crippen LogP contribution is 2.42. The minimum absolute atomic E-state index is 0.316. The fraction of sp³-hybridized carbons (Fsp3) is 0.538. The third-order valence-corrected chi connectivity index (χ3v) is 4.47. The third-order valence-electron chi connectivity index (χ3n) is 3.63. The molecule has 2 rings (SSSR count). The highest BCUT2D eigenvalue weighted by Gasteiger charge is 2.31. The van der Waals surface area contributed by atoms with Crippen LogP contribution in [0.2, 0.25) is 10.0 Å². The fourth-order valence-electron chi connectivity index (χ4n) is 2.62. The molecule has 3 atom stereocenters. The second-order valence-corrected chi connectivity index (χ2v) is 5.45. The van der Waals surface area contributed by atoms with Gasteiger partial charge in [-0.2, -0.15) is 0 Å². The molecule has 0 aliphatic heterocycles. The largest absolute Gasteiger partial charge is 0.388 e. The van der Waals surface area contributed by atoms with Gasteiger partial charge in [0.25, 0.3) is 0 Å². The van der Waals surface area contributed by atoms with Crippen molar-refractivity contribution >= 4 is 23.2 Å². The molecule has 0 saturated heterocycles. The quantitative estimate of drug-likeness (QED) is 0.831. The molecule has 3 unspecified atom stereocenters. The smallest absolute Gasteiger partial charge is 0.0835 e. The molecule has 1 fully saturated rings. The summed E-state index contributed by atoms with van der Waals surface area (Å²) in [5.41, 5.74) is 0.771. The molecule has 1 N–H and O–H groups in total. The van der Waals surface area contributed by atoms with Crippen LogP contribution in [0.3, 0.4) is 0 Å². The minimum atomic E-state index is -0.483. The van der Waals surface area contributed by atoms with E-state index in [-0.39, 0.29) is 0 Å². The molecule has 1 nitrogen and oxygen atoms in total. The lowest BCUT2D eigenvalue weighted by molar-refractivity contribution is 0.0901. The van der Waals surface area contributed by atoms with Crippen LogP contribution in [0.1, 0.15) is 37.9 Å². The zero-order valence-electron chi connectivity index (χ0n) is 9.29. The van der Waals surface area contributed by atoms with E-state index in [9.17, 15) is 5.11 Å². The summed E-state index contributed by atoms with van der Waals surface area (Å²) < 4.78 is 0. The standard InChI is InChI=1S/C13H16Cl2O/c1-8-4-2-5-9(8)13(16)10-6-3-7-11(14)12(10)15/h3,6-9,13,16H,2,4-5H2,1H3. The van der Waals surface area contributed by atoms with E-state index in [2.05, 4.69) is 6.92 Å². The first-order chi connectivity index (χ1) is 7.61. The minimum Gasteiger partial charge on any atom is -0.388 e. The molecule has 1 aromatic carbocycles. The van der Waals surface area contributed by atoms with Crippen molar-refractivity contribution in [2.45, 2.75) is 32.3 Å². The van der Waals surface area contributed by atoms with Crippen molar-refractivity contribution in [2.75, 3.05) is 0 Å². The second kappa shape index (κ2) is 4.95. The molecule has 0 bridgehead atoms. The predicted molar refractivity (Wildman–Crippen MR) is 67.9 cm³/mol. The van der Waals surface area contributed by atoms with Crippen molar-refractivity contribution in [3.63, 3.8) is 0 Å². The lowest BCUT2D eigenvalue weighted by atomic mass is 9.88. The van der Waals surface area contributed by atoms with E-state index in [1.807, 2.05) is 12.1 Å². The summed E-state index contributed by atoms with van der Waals surface area (Å²) in [6.07, 6.45) is 2.98. The van der Waals surface area contributed by atoms with Crippen LogP contribution in [0.5, 0.6) is 0 Å². The SMILES string of the molecule is CC1CCCC1C(O)c1cccc(Cl)c1Cl. The number of aliphatic hydroxyl groups is 1. The van der Waals surface area contributed by atoms with Gasteiger partial charge in [-0.25, -0.2) is 0 Å². The molecule has 0 radical (unpaired) electrons. The van der Waals surface area contributed by atoms with Crippen LogP contribution in [-0.2, 0) is 0 Å². The van der Waals surface area contributed by atoms with E-state index < -0.39 is 6.10 Å². The van der Waals surface area contributed by atoms with Gasteiger partial charge in [0.2, 0.25) is 0 Å². The summed E-state index contributed by atoms with van der Waals surface area (Å²) in [7, 11) is 0. The van der Waals surface area contributed by atoms with Gasteiger partial charge in [0.15, 0.2) is 0 Å². The average molecular weight is 259 g/mol. The van der Waals surface area contributed by atoms with E-state index in [0.29, 0.717) is 21.9 Å². The van der Waals surface area contributed by atoms with Gasteiger partial charge in [0.05, 0.1) is 16.1 Å². The molecule has 0 aromatic heterocycles. The van der Waals surface area contributed by atoms with E-state index in [4.69, 9.17) is 23.2 Å². The molecule has 1 aliphatic carbocycles. The molecule has 88 valence electrons. The molecule has 1 saturated carbocycles. The zero-order chi connectivity index (χ0) is 11.7. The van der Waals surface area contributed by atoms with Crippen LogP contribution >= 0.6 is 23.2 Å². The van der Waals surface area contributed by atoms with Crippen LogP contribution in [-0.4, -0.2) is 5.11 Å². The van der Waals surface area contributed by atoms with Crippen LogP contribution < -0.4 is 0 Å². The van der Waals surface area contributed by atoms with Crippen molar-refractivity contribution in [3.05, 3.63) is 33.8 Å². The highest BCUT2D eigenvalue weighted by molar-refractivity contribution is 6.42. The molecule has 0 spiro atoms. The Balaban J connectivity index is 2.26. The van der Waals surface area contributed by atoms with Gasteiger partial charge in [0, 0.05) is 5.56 Å². The van der Waals surface area contributed by atoms with Gasteiger partial charge in [-0.3, -0.25) is 0 Å². The van der Waals surface area contributed by atoms with Gasteiger partial charge in [-0.1, -0.05) is 55.1 Å². The summed E-state index contributed by atoms with van der Waals surface area (Å²) >= 11 is 12.1. The second-order valence-electron chi connectivity index (χ2n) is 4.66. The zero-order valence-corrected chi connectivity index (χ0v) is 10.8. The van der Waals surface area contributed by atoms with Crippen molar-refractivity contribution in [1.29, 1.82) is 0 Å². The molecule has 3 heteroatoms. The molecule has 1 aromatic rings. The van der Waals surface area contributed by atoms with Gasteiger partial charge in [-0.15, -0.1) is 0 Å². The maximum atomic E-state index is 10.4. The van der Waals surface area contributed by atoms with Crippen LogP contribution in [0.15, 0.2) is 18.2 Å². The first-order valence-corrected chi connectivity index (χ1v) is 6.49. The number of halogens is 2. The van der Waals surface area contributed by atoms with E-state index in [0.717, 1.165) is 12.0 Å².